The number of aryl methyl sites for hydroxylation is 1. The van der Waals surface area contributed by atoms with Crippen molar-refractivity contribution < 1.29 is 4.79 Å². The highest BCUT2D eigenvalue weighted by molar-refractivity contribution is 5.77. The van der Waals surface area contributed by atoms with E-state index >= 15 is 0 Å². The Labute approximate surface area is 139 Å². The molecule has 0 unspecified atom stereocenters. The Morgan fingerprint density at radius 2 is 2.04 bits per heavy atom. The molecular weight excluding hydrogens is 286 g/mol. The number of likely N-dealkylation sites (tertiary alicyclic amines) is 2. The molecule has 2 fully saturated rings. The molecule has 126 valence electrons. The van der Waals surface area contributed by atoms with Gasteiger partial charge in [0.2, 0.25) is 5.91 Å². The topological polar surface area (TPSA) is 36.4 Å². The molecule has 0 radical (unpaired) electrons. The molecule has 0 aliphatic carbocycles. The molecule has 2 atom stereocenters. The predicted octanol–water partition coefficient (Wildman–Crippen LogP) is 2.88. The molecule has 2 aliphatic rings. The van der Waals surface area contributed by atoms with E-state index in [1.165, 1.54) is 32.2 Å². The van der Waals surface area contributed by atoms with Gasteiger partial charge >= 0.3 is 0 Å². The Kier molecular flexibility index (Phi) is 5.65. The molecular formula is C19H29N3O. The van der Waals surface area contributed by atoms with Crippen molar-refractivity contribution in [2.45, 2.75) is 64.0 Å². The third-order valence-corrected chi connectivity index (χ3v) is 5.43. The molecule has 1 aromatic heterocycles. The molecule has 0 saturated carbocycles. The zero-order valence-electron chi connectivity index (χ0n) is 14.3. The number of carbonyl (C=O) groups excluding carboxylic acids is 1. The summed E-state index contributed by atoms with van der Waals surface area (Å²) in [4.78, 5) is 21.8. The Balaban J connectivity index is 1.52. The third kappa shape index (κ3) is 3.92. The van der Waals surface area contributed by atoms with Gasteiger partial charge in [-0.05, 0) is 63.7 Å². The number of hydrogen-bond donors (Lipinski definition) is 0. The highest BCUT2D eigenvalue weighted by Crippen LogP contribution is 2.30. The highest BCUT2D eigenvalue weighted by atomic mass is 16.2. The largest absolute Gasteiger partial charge is 0.338 e. The van der Waals surface area contributed by atoms with E-state index in [2.05, 4.69) is 21.7 Å². The van der Waals surface area contributed by atoms with Gasteiger partial charge in [0.1, 0.15) is 0 Å². The van der Waals surface area contributed by atoms with E-state index in [1.807, 2.05) is 24.4 Å². The van der Waals surface area contributed by atoms with Crippen LogP contribution in [0.3, 0.4) is 0 Å². The fraction of sp³-hybridized carbons (Fsp3) is 0.684. The molecule has 4 nitrogen and oxygen atoms in total. The van der Waals surface area contributed by atoms with Crippen LogP contribution in [-0.4, -0.2) is 52.4 Å². The standard InChI is InChI=1S/C19H29N3O/c1-2-21-14-6-10-17(21)18-11-7-15-22(18)19(23)12-5-9-16-8-3-4-13-20-16/h3-4,8,13,17-18H,2,5-7,9-12,14-15H2,1H3/t17-,18-/m0/s1. The van der Waals surface area contributed by atoms with E-state index in [0.29, 0.717) is 24.4 Å². The quantitative estimate of drug-likeness (QED) is 0.810. The van der Waals surface area contributed by atoms with Gasteiger partial charge in [0.25, 0.3) is 0 Å². The summed E-state index contributed by atoms with van der Waals surface area (Å²) < 4.78 is 0. The van der Waals surface area contributed by atoms with Gasteiger partial charge < -0.3 is 4.90 Å². The molecule has 4 heteroatoms. The molecule has 2 aliphatic heterocycles. The van der Waals surface area contributed by atoms with Crippen LogP contribution in [0.15, 0.2) is 24.4 Å². The van der Waals surface area contributed by atoms with Crippen LogP contribution in [0.1, 0.15) is 51.1 Å². The second kappa shape index (κ2) is 7.91. The number of rotatable bonds is 6. The average Bonchev–Trinajstić information content (AvgIpc) is 3.24. The second-order valence-corrected chi connectivity index (χ2v) is 6.81. The van der Waals surface area contributed by atoms with Crippen molar-refractivity contribution in [3.8, 4) is 0 Å². The van der Waals surface area contributed by atoms with Gasteiger partial charge in [-0.1, -0.05) is 13.0 Å². The lowest BCUT2D eigenvalue weighted by Crippen LogP contribution is -2.48. The van der Waals surface area contributed by atoms with Gasteiger partial charge in [0.15, 0.2) is 0 Å². The van der Waals surface area contributed by atoms with Gasteiger partial charge in [-0.3, -0.25) is 14.7 Å². The summed E-state index contributed by atoms with van der Waals surface area (Å²) >= 11 is 0. The van der Waals surface area contributed by atoms with Gasteiger partial charge in [-0.2, -0.15) is 0 Å². The van der Waals surface area contributed by atoms with Crippen LogP contribution in [-0.2, 0) is 11.2 Å². The van der Waals surface area contributed by atoms with Gasteiger partial charge in [0, 0.05) is 36.9 Å². The Morgan fingerprint density at radius 1 is 1.22 bits per heavy atom. The van der Waals surface area contributed by atoms with Gasteiger partial charge in [0.05, 0.1) is 0 Å². The first-order chi connectivity index (χ1) is 11.3. The lowest BCUT2D eigenvalue weighted by molar-refractivity contribution is -0.133. The maximum Gasteiger partial charge on any atom is 0.222 e. The van der Waals surface area contributed by atoms with E-state index in [0.717, 1.165) is 31.6 Å². The van der Waals surface area contributed by atoms with Crippen molar-refractivity contribution in [3.63, 3.8) is 0 Å². The van der Waals surface area contributed by atoms with Crippen molar-refractivity contribution in [3.05, 3.63) is 30.1 Å². The van der Waals surface area contributed by atoms with Crippen LogP contribution < -0.4 is 0 Å². The molecule has 0 N–H and O–H groups in total. The summed E-state index contributed by atoms with van der Waals surface area (Å²) in [5.74, 6) is 0.353. The number of amides is 1. The molecule has 3 heterocycles. The monoisotopic (exact) mass is 315 g/mol. The zero-order chi connectivity index (χ0) is 16.1. The third-order valence-electron chi connectivity index (χ3n) is 5.43. The number of aromatic nitrogens is 1. The van der Waals surface area contributed by atoms with Crippen LogP contribution in [0.25, 0.3) is 0 Å². The molecule has 0 bridgehead atoms. The van der Waals surface area contributed by atoms with E-state index in [1.54, 1.807) is 0 Å². The minimum atomic E-state index is 0.353. The van der Waals surface area contributed by atoms with Crippen LogP contribution in [0.5, 0.6) is 0 Å². The van der Waals surface area contributed by atoms with E-state index < -0.39 is 0 Å². The summed E-state index contributed by atoms with van der Waals surface area (Å²) in [6.07, 6.45) is 9.20. The van der Waals surface area contributed by atoms with Gasteiger partial charge in [-0.15, -0.1) is 0 Å². The first-order valence-electron chi connectivity index (χ1n) is 9.23. The molecule has 0 spiro atoms. The Hall–Kier alpha value is -1.42. The van der Waals surface area contributed by atoms with Crippen LogP contribution in [0, 0.1) is 0 Å². The Morgan fingerprint density at radius 3 is 2.83 bits per heavy atom. The van der Waals surface area contributed by atoms with Crippen LogP contribution in [0.4, 0.5) is 0 Å². The van der Waals surface area contributed by atoms with Crippen molar-refractivity contribution in [1.29, 1.82) is 0 Å². The van der Waals surface area contributed by atoms with Crippen molar-refractivity contribution in [2.75, 3.05) is 19.6 Å². The van der Waals surface area contributed by atoms with Crippen molar-refractivity contribution >= 4 is 5.91 Å². The van der Waals surface area contributed by atoms with Crippen molar-refractivity contribution in [1.82, 2.24) is 14.8 Å². The molecule has 1 amide bonds. The number of nitrogens with zero attached hydrogens (tertiary/aromatic N) is 3. The van der Waals surface area contributed by atoms with Crippen LogP contribution in [0.2, 0.25) is 0 Å². The SMILES string of the molecule is CCN1CCC[C@H]1[C@@H]1CCCN1C(=O)CCCc1ccccn1. The molecule has 0 aromatic carbocycles. The number of carbonyl (C=O) groups is 1. The molecule has 1 aromatic rings. The highest BCUT2D eigenvalue weighted by Gasteiger charge is 2.38. The first-order valence-corrected chi connectivity index (χ1v) is 9.23. The second-order valence-electron chi connectivity index (χ2n) is 6.81. The van der Waals surface area contributed by atoms with E-state index in [9.17, 15) is 4.79 Å². The summed E-state index contributed by atoms with van der Waals surface area (Å²) in [5.41, 5.74) is 1.09. The lowest BCUT2D eigenvalue weighted by atomic mass is 10.0. The average molecular weight is 315 g/mol. The van der Waals surface area contributed by atoms with Crippen LogP contribution >= 0.6 is 0 Å². The van der Waals surface area contributed by atoms with E-state index in [-0.39, 0.29) is 0 Å². The smallest absolute Gasteiger partial charge is 0.222 e. The molecule has 3 rings (SSSR count). The fourth-order valence-corrected chi connectivity index (χ4v) is 4.29. The summed E-state index contributed by atoms with van der Waals surface area (Å²) in [7, 11) is 0. The molecule has 2 saturated heterocycles. The minimum Gasteiger partial charge on any atom is -0.338 e. The molecule has 23 heavy (non-hydrogen) atoms. The lowest BCUT2D eigenvalue weighted by Gasteiger charge is -2.34. The normalized spacial score (nSPS) is 25.2. The number of pyridine rings is 1. The van der Waals surface area contributed by atoms with Gasteiger partial charge in [-0.25, -0.2) is 0 Å². The van der Waals surface area contributed by atoms with E-state index in [4.69, 9.17) is 0 Å². The summed E-state index contributed by atoms with van der Waals surface area (Å²) in [6, 6.07) is 7.05. The fourth-order valence-electron chi connectivity index (χ4n) is 4.29. The maximum absolute atomic E-state index is 12.7. The first kappa shape index (κ1) is 16.4. The number of hydrogen-bond acceptors (Lipinski definition) is 3. The Bertz CT molecular complexity index is 505. The zero-order valence-corrected chi connectivity index (χ0v) is 14.3. The maximum atomic E-state index is 12.7. The predicted molar refractivity (Wildman–Crippen MR) is 92.2 cm³/mol. The van der Waals surface area contributed by atoms with Crippen molar-refractivity contribution in [2.24, 2.45) is 0 Å². The summed E-state index contributed by atoms with van der Waals surface area (Å²) in [6.45, 7) is 5.52. The summed E-state index contributed by atoms with van der Waals surface area (Å²) in [5, 5.41) is 0. The minimum absolute atomic E-state index is 0.353. The number of likely N-dealkylation sites (N-methyl/N-ethyl adjacent to an activating group) is 1.